The maximum atomic E-state index is 12.4. The number of ether oxygens (including phenoxy) is 2. The van der Waals surface area contributed by atoms with Crippen LogP contribution < -0.4 is 5.32 Å². The number of rotatable bonds is 5. The van der Waals surface area contributed by atoms with Gasteiger partial charge in [-0.15, -0.1) is 0 Å². The van der Waals surface area contributed by atoms with Gasteiger partial charge in [0.15, 0.2) is 0 Å². The maximum absolute atomic E-state index is 12.4. The van der Waals surface area contributed by atoms with Crippen LogP contribution in [0.2, 0.25) is 0 Å². The quantitative estimate of drug-likeness (QED) is 0.901. The molecule has 1 aromatic heterocycles. The maximum Gasteiger partial charge on any atom is 0.318 e. The summed E-state index contributed by atoms with van der Waals surface area (Å²) in [6.07, 6.45) is 6.68. The van der Waals surface area contributed by atoms with E-state index in [1.807, 2.05) is 24.0 Å². The van der Waals surface area contributed by atoms with Gasteiger partial charge in [0, 0.05) is 32.1 Å². The fraction of sp³-hybridized carbons (Fsp3) is 0.647. The van der Waals surface area contributed by atoms with Gasteiger partial charge in [-0.1, -0.05) is 6.07 Å². The molecule has 1 N–H and O–H groups in total. The predicted octanol–water partition coefficient (Wildman–Crippen LogP) is 1.95. The smallest absolute Gasteiger partial charge is 0.318 e. The number of nitrogens with one attached hydrogen (secondary N) is 1. The monoisotopic (exact) mass is 319 g/mol. The van der Waals surface area contributed by atoms with Crippen LogP contribution in [0.15, 0.2) is 24.5 Å². The zero-order valence-electron chi connectivity index (χ0n) is 13.6. The van der Waals surface area contributed by atoms with Gasteiger partial charge in [-0.2, -0.15) is 0 Å². The highest BCUT2D eigenvalue weighted by molar-refractivity contribution is 5.75. The number of hydrogen-bond acceptors (Lipinski definition) is 4. The molecule has 0 bridgehead atoms. The van der Waals surface area contributed by atoms with Crippen molar-refractivity contribution in [1.29, 1.82) is 0 Å². The number of carbonyl (C=O) groups is 1. The minimum Gasteiger partial charge on any atom is -0.379 e. The van der Waals surface area contributed by atoms with Gasteiger partial charge in [0.1, 0.15) is 0 Å². The second kappa shape index (κ2) is 7.75. The third-order valence-electron chi connectivity index (χ3n) is 4.57. The largest absolute Gasteiger partial charge is 0.379 e. The molecule has 2 aliphatic heterocycles. The van der Waals surface area contributed by atoms with Crippen LogP contribution in [0.3, 0.4) is 0 Å². The number of pyridine rings is 1. The number of carbonyl (C=O) groups excluding carboxylic acids is 1. The number of nitrogens with zero attached hydrogens (tertiary/aromatic N) is 2. The summed E-state index contributed by atoms with van der Waals surface area (Å²) in [5.41, 5.74) is 1.01. The predicted molar refractivity (Wildman–Crippen MR) is 86.0 cm³/mol. The van der Waals surface area contributed by atoms with Crippen molar-refractivity contribution in [3.8, 4) is 0 Å². The van der Waals surface area contributed by atoms with E-state index < -0.39 is 0 Å². The van der Waals surface area contributed by atoms with Crippen LogP contribution in [0, 0.1) is 0 Å². The molecule has 6 heteroatoms. The molecule has 0 saturated carbocycles. The van der Waals surface area contributed by atoms with Gasteiger partial charge < -0.3 is 19.7 Å². The van der Waals surface area contributed by atoms with Crippen LogP contribution in [0.1, 0.15) is 31.7 Å². The highest BCUT2D eigenvalue weighted by Crippen LogP contribution is 2.31. The summed E-state index contributed by atoms with van der Waals surface area (Å²) in [4.78, 5) is 18.4. The van der Waals surface area contributed by atoms with Gasteiger partial charge in [0.2, 0.25) is 0 Å². The Kier molecular flexibility index (Phi) is 5.46. The van der Waals surface area contributed by atoms with Crippen LogP contribution in [0.4, 0.5) is 4.79 Å². The zero-order chi connectivity index (χ0) is 16.1. The van der Waals surface area contributed by atoms with Gasteiger partial charge in [-0.25, -0.2) is 4.79 Å². The van der Waals surface area contributed by atoms with Crippen LogP contribution >= 0.6 is 0 Å². The zero-order valence-corrected chi connectivity index (χ0v) is 13.6. The molecule has 3 heterocycles. The van der Waals surface area contributed by atoms with Crippen LogP contribution in [0.5, 0.6) is 0 Å². The summed E-state index contributed by atoms with van der Waals surface area (Å²) in [6.45, 7) is 4.64. The highest BCUT2D eigenvalue weighted by atomic mass is 16.5. The van der Waals surface area contributed by atoms with E-state index in [2.05, 4.69) is 10.3 Å². The fourth-order valence-corrected chi connectivity index (χ4v) is 3.40. The van der Waals surface area contributed by atoms with Gasteiger partial charge in [-0.05, 0) is 37.8 Å². The molecule has 0 aliphatic carbocycles. The minimum absolute atomic E-state index is 0.00629. The average Bonchev–Trinajstić information content (AvgIpc) is 3.02. The van der Waals surface area contributed by atoms with Crippen molar-refractivity contribution >= 4 is 6.03 Å². The lowest BCUT2D eigenvalue weighted by molar-refractivity contribution is -0.0945. The Bertz CT molecular complexity index is 511. The van der Waals surface area contributed by atoms with Crippen LogP contribution in [-0.4, -0.2) is 53.9 Å². The van der Waals surface area contributed by atoms with E-state index in [0.29, 0.717) is 13.2 Å². The Hall–Kier alpha value is -1.66. The summed E-state index contributed by atoms with van der Waals surface area (Å²) in [5.74, 6) is 0. The molecule has 23 heavy (non-hydrogen) atoms. The number of hydrogen-bond donors (Lipinski definition) is 1. The van der Waals surface area contributed by atoms with Gasteiger partial charge in [0.25, 0.3) is 0 Å². The van der Waals surface area contributed by atoms with E-state index in [9.17, 15) is 4.79 Å². The lowest BCUT2D eigenvalue weighted by Gasteiger charge is -2.35. The number of urea groups is 1. The summed E-state index contributed by atoms with van der Waals surface area (Å²) in [5, 5.41) is 2.99. The van der Waals surface area contributed by atoms with E-state index in [1.165, 1.54) is 0 Å². The second-order valence-corrected chi connectivity index (χ2v) is 6.10. The van der Waals surface area contributed by atoms with Crippen molar-refractivity contribution in [2.75, 3.05) is 19.8 Å². The molecule has 2 saturated heterocycles. The Morgan fingerprint density at radius 2 is 2.39 bits per heavy atom. The molecule has 2 aliphatic rings. The van der Waals surface area contributed by atoms with E-state index in [-0.39, 0.29) is 24.3 Å². The molecule has 126 valence electrons. The van der Waals surface area contributed by atoms with Crippen molar-refractivity contribution < 1.29 is 14.3 Å². The van der Waals surface area contributed by atoms with E-state index in [4.69, 9.17) is 9.47 Å². The molecule has 1 aromatic rings. The van der Waals surface area contributed by atoms with Crippen molar-refractivity contribution in [1.82, 2.24) is 15.2 Å². The summed E-state index contributed by atoms with van der Waals surface area (Å²) < 4.78 is 11.6. The first kappa shape index (κ1) is 16.2. The third-order valence-corrected chi connectivity index (χ3v) is 4.57. The van der Waals surface area contributed by atoms with Crippen LogP contribution in [-0.2, 0) is 16.0 Å². The first-order valence-corrected chi connectivity index (χ1v) is 8.44. The Labute approximate surface area is 137 Å². The highest BCUT2D eigenvalue weighted by Gasteiger charge is 2.41. The lowest BCUT2D eigenvalue weighted by Crippen LogP contribution is -2.48. The normalized spacial score (nSPS) is 26.8. The minimum atomic E-state index is -0.00629. The molecule has 0 unspecified atom stereocenters. The van der Waals surface area contributed by atoms with Crippen molar-refractivity contribution in [3.63, 3.8) is 0 Å². The topological polar surface area (TPSA) is 63.7 Å². The molecular formula is C17H25N3O3. The Balaban J connectivity index is 1.49. The van der Waals surface area contributed by atoms with E-state index >= 15 is 0 Å². The number of fused-ring (bicyclic) bond motifs is 1. The third kappa shape index (κ3) is 4.00. The molecule has 6 nitrogen and oxygen atoms in total. The van der Waals surface area contributed by atoms with E-state index in [1.54, 1.807) is 12.4 Å². The molecule has 2 fully saturated rings. The van der Waals surface area contributed by atoms with Crippen molar-refractivity contribution in [2.24, 2.45) is 0 Å². The summed E-state index contributed by atoms with van der Waals surface area (Å²) >= 11 is 0. The summed E-state index contributed by atoms with van der Waals surface area (Å²) in [7, 11) is 0. The molecule has 0 spiro atoms. The molecule has 3 atom stereocenters. The van der Waals surface area contributed by atoms with E-state index in [0.717, 1.165) is 38.0 Å². The first-order chi connectivity index (χ1) is 11.3. The Morgan fingerprint density at radius 3 is 3.17 bits per heavy atom. The summed E-state index contributed by atoms with van der Waals surface area (Å²) in [6, 6.07) is 4.03. The standard InChI is InChI=1S/C17H25N3O3/c1-2-22-12-14-5-6-15-16(23-14)7-9-20(15)17(21)19-11-13-4-3-8-18-10-13/h3-4,8,10,14-16H,2,5-7,9,11-12H2,1H3,(H,19,21)/t14-,15+,16+/m0/s1. The number of aromatic nitrogens is 1. The molecule has 2 amide bonds. The lowest BCUT2D eigenvalue weighted by atomic mass is 9.99. The van der Waals surface area contributed by atoms with Gasteiger partial charge in [-0.3, -0.25) is 4.98 Å². The second-order valence-electron chi connectivity index (χ2n) is 6.10. The van der Waals surface area contributed by atoms with Gasteiger partial charge in [0.05, 0.1) is 24.9 Å². The van der Waals surface area contributed by atoms with Crippen LogP contribution in [0.25, 0.3) is 0 Å². The molecular weight excluding hydrogens is 294 g/mol. The molecule has 0 aromatic carbocycles. The molecule has 0 radical (unpaired) electrons. The number of amides is 2. The SMILES string of the molecule is CCOC[C@@H]1CC[C@@H]2[C@@H](CCN2C(=O)NCc2cccnc2)O1. The Morgan fingerprint density at radius 1 is 1.48 bits per heavy atom. The average molecular weight is 319 g/mol. The van der Waals surface area contributed by atoms with Crippen molar-refractivity contribution in [3.05, 3.63) is 30.1 Å². The first-order valence-electron chi connectivity index (χ1n) is 8.44. The number of likely N-dealkylation sites (tertiary alicyclic amines) is 1. The van der Waals surface area contributed by atoms with Crippen molar-refractivity contribution in [2.45, 2.75) is 51.0 Å². The molecule has 3 rings (SSSR count). The fourth-order valence-electron chi connectivity index (χ4n) is 3.40. The van der Waals surface area contributed by atoms with Gasteiger partial charge >= 0.3 is 6.03 Å².